The number of ether oxygens (including phenoxy) is 2. The highest BCUT2D eigenvalue weighted by molar-refractivity contribution is 7.70. The second-order valence-corrected chi connectivity index (χ2v) is 13.0. The SMILES string of the molecule is COc1cc(F)c([C@@H]2CN(Cc3ccccc3P(C)(C)=O)C(=O)[C@H]2NC(=O)c2ccc(OC(F)(F)F)cc2)c(F)c1. The van der Waals surface area contributed by atoms with Crippen LogP contribution in [0.15, 0.2) is 60.7 Å². The van der Waals surface area contributed by atoms with Gasteiger partial charge in [0.1, 0.15) is 36.3 Å². The Morgan fingerprint density at radius 3 is 2.20 bits per heavy atom. The summed E-state index contributed by atoms with van der Waals surface area (Å²) < 4.78 is 89.3. The predicted octanol–water partition coefficient (Wildman–Crippen LogP) is 5.04. The number of hydrogen-bond acceptors (Lipinski definition) is 5. The van der Waals surface area contributed by atoms with E-state index in [1.54, 1.807) is 37.6 Å². The smallest absolute Gasteiger partial charge is 0.497 e. The first-order valence-electron chi connectivity index (χ1n) is 12.3. The monoisotopic (exact) mass is 596 g/mol. The molecule has 13 heteroatoms. The van der Waals surface area contributed by atoms with E-state index in [2.05, 4.69) is 10.1 Å². The fourth-order valence-electron chi connectivity index (χ4n) is 4.81. The summed E-state index contributed by atoms with van der Waals surface area (Å²) in [6.45, 7) is 2.94. The average molecular weight is 596 g/mol. The Morgan fingerprint density at radius 1 is 1.02 bits per heavy atom. The van der Waals surface area contributed by atoms with Crippen LogP contribution < -0.4 is 20.1 Å². The van der Waals surface area contributed by atoms with Crippen LogP contribution in [0.25, 0.3) is 0 Å². The number of carbonyl (C=O) groups excluding carboxylic acids is 2. The number of nitrogens with one attached hydrogen (secondary N) is 1. The van der Waals surface area contributed by atoms with Crippen LogP contribution in [0.4, 0.5) is 22.0 Å². The zero-order valence-corrected chi connectivity index (χ0v) is 23.1. The van der Waals surface area contributed by atoms with Gasteiger partial charge in [0.2, 0.25) is 5.91 Å². The Hall–Kier alpha value is -3.92. The number of benzene rings is 3. The first-order chi connectivity index (χ1) is 19.2. The quantitative estimate of drug-likeness (QED) is 0.291. The molecule has 0 bridgehead atoms. The first-order valence-corrected chi connectivity index (χ1v) is 14.9. The van der Waals surface area contributed by atoms with Crippen LogP contribution in [0.5, 0.6) is 11.5 Å². The van der Waals surface area contributed by atoms with Crippen molar-refractivity contribution in [2.45, 2.75) is 24.9 Å². The van der Waals surface area contributed by atoms with E-state index in [1.165, 1.54) is 12.0 Å². The molecule has 0 saturated carbocycles. The molecule has 0 unspecified atom stereocenters. The molecule has 1 fully saturated rings. The fourth-order valence-corrected chi connectivity index (χ4v) is 6.09. The normalized spacial score (nSPS) is 17.5. The minimum absolute atomic E-state index is 0.0353. The molecule has 218 valence electrons. The minimum Gasteiger partial charge on any atom is -0.497 e. The highest BCUT2D eigenvalue weighted by atomic mass is 31.2. The van der Waals surface area contributed by atoms with Gasteiger partial charge < -0.3 is 24.3 Å². The zero-order valence-electron chi connectivity index (χ0n) is 22.2. The van der Waals surface area contributed by atoms with Crippen molar-refractivity contribution >= 4 is 24.3 Å². The molecule has 41 heavy (non-hydrogen) atoms. The van der Waals surface area contributed by atoms with Gasteiger partial charge in [0.15, 0.2) is 0 Å². The summed E-state index contributed by atoms with van der Waals surface area (Å²) >= 11 is 0. The van der Waals surface area contributed by atoms with E-state index in [4.69, 9.17) is 4.74 Å². The number of hydrogen-bond donors (Lipinski definition) is 1. The van der Waals surface area contributed by atoms with Gasteiger partial charge in [-0.1, -0.05) is 24.3 Å². The standard InChI is InChI=1S/C28H26F5N2O5P/c1-39-19-12-21(29)24(22(30)13-19)20-15-35(14-17-6-4-5-7-23(17)41(2,3)38)27(37)25(20)34-26(36)16-8-10-18(11-9-16)40-28(31,32)33/h4-13,20,25H,14-15H2,1-3H3,(H,34,36)/t20-,25-/m0/s1. The molecule has 1 saturated heterocycles. The number of amides is 2. The molecule has 4 rings (SSSR count). The number of carbonyl (C=O) groups is 2. The van der Waals surface area contributed by atoms with Crippen molar-refractivity contribution in [3.05, 3.63) is 89.0 Å². The molecule has 0 radical (unpaired) electrons. The first kappa shape index (κ1) is 30.0. The predicted molar refractivity (Wildman–Crippen MR) is 141 cm³/mol. The molecule has 3 aromatic carbocycles. The van der Waals surface area contributed by atoms with E-state index in [9.17, 15) is 27.3 Å². The molecule has 1 aliphatic heterocycles. The van der Waals surface area contributed by atoms with Gasteiger partial charge in [-0.2, -0.15) is 0 Å². The minimum atomic E-state index is -4.93. The topological polar surface area (TPSA) is 84.9 Å². The maximum Gasteiger partial charge on any atom is 0.573 e. The van der Waals surface area contributed by atoms with Gasteiger partial charge in [-0.25, -0.2) is 8.78 Å². The summed E-state index contributed by atoms with van der Waals surface area (Å²) in [7, 11) is -1.51. The highest BCUT2D eigenvalue weighted by Crippen LogP contribution is 2.38. The van der Waals surface area contributed by atoms with Gasteiger partial charge in [-0.15, -0.1) is 13.2 Å². The highest BCUT2D eigenvalue weighted by Gasteiger charge is 2.45. The van der Waals surface area contributed by atoms with Crippen LogP contribution >= 0.6 is 7.14 Å². The Labute approximate surface area is 232 Å². The summed E-state index contributed by atoms with van der Waals surface area (Å²) in [6, 6.07) is 11.3. The van der Waals surface area contributed by atoms with Crippen molar-refractivity contribution in [2.75, 3.05) is 27.0 Å². The van der Waals surface area contributed by atoms with E-state index >= 15 is 8.78 Å². The van der Waals surface area contributed by atoms with Crippen LogP contribution in [-0.2, 0) is 15.9 Å². The van der Waals surface area contributed by atoms with Crippen LogP contribution in [0.2, 0.25) is 0 Å². The maximum atomic E-state index is 15.2. The molecule has 0 aromatic heterocycles. The number of rotatable bonds is 8. The van der Waals surface area contributed by atoms with E-state index in [0.29, 0.717) is 10.9 Å². The third-order valence-corrected chi connectivity index (χ3v) is 8.22. The largest absolute Gasteiger partial charge is 0.573 e. The molecule has 2 amide bonds. The average Bonchev–Trinajstić information content (AvgIpc) is 3.17. The number of methoxy groups -OCH3 is 1. The second kappa shape index (κ2) is 11.5. The lowest BCUT2D eigenvalue weighted by Crippen LogP contribution is -2.43. The lowest BCUT2D eigenvalue weighted by atomic mass is 9.92. The number of halogens is 5. The van der Waals surface area contributed by atoms with Crippen molar-refractivity contribution in [1.29, 1.82) is 0 Å². The molecule has 7 nitrogen and oxygen atoms in total. The van der Waals surface area contributed by atoms with Crippen LogP contribution in [0.3, 0.4) is 0 Å². The van der Waals surface area contributed by atoms with Gasteiger partial charge in [-0.3, -0.25) is 9.59 Å². The number of alkyl halides is 3. The zero-order chi connectivity index (χ0) is 30.1. The lowest BCUT2D eigenvalue weighted by Gasteiger charge is -2.20. The third kappa shape index (κ3) is 6.87. The molecule has 3 aromatic rings. The van der Waals surface area contributed by atoms with E-state index in [1.807, 2.05) is 0 Å². The molecule has 1 aliphatic rings. The molecule has 0 aliphatic carbocycles. The van der Waals surface area contributed by atoms with Crippen LogP contribution in [-0.4, -0.2) is 56.1 Å². The summed E-state index contributed by atoms with van der Waals surface area (Å²) in [5.74, 6) is -5.28. The third-order valence-electron chi connectivity index (χ3n) is 6.63. The van der Waals surface area contributed by atoms with Crippen molar-refractivity contribution in [3.8, 4) is 11.5 Å². The van der Waals surface area contributed by atoms with Gasteiger partial charge in [-0.05, 0) is 43.2 Å². The van der Waals surface area contributed by atoms with E-state index in [-0.39, 0.29) is 24.4 Å². The Balaban J connectivity index is 1.67. The van der Waals surface area contributed by atoms with Gasteiger partial charge in [0, 0.05) is 47.6 Å². The Bertz CT molecular complexity index is 1480. The van der Waals surface area contributed by atoms with Crippen LogP contribution in [0, 0.1) is 11.6 Å². The van der Waals surface area contributed by atoms with Crippen molar-refractivity contribution in [1.82, 2.24) is 10.2 Å². The molecular formula is C28H26F5N2O5P. The summed E-state index contributed by atoms with van der Waals surface area (Å²) in [5, 5.41) is 3.03. The molecule has 2 atom stereocenters. The van der Waals surface area contributed by atoms with Gasteiger partial charge in [0.25, 0.3) is 5.91 Å². The van der Waals surface area contributed by atoms with Crippen LogP contribution in [0.1, 0.15) is 27.4 Å². The molecule has 1 N–H and O–H groups in total. The summed E-state index contributed by atoms with van der Waals surface area (Å²) in [5.41, 5.74) is 0.0325. The maximum absolute atomic E-state index is 15.2. The van der Waals surface area contributed by atoms with Crippen molar-refractivity contribution in [3.63, 3.8) is 0 Å². The molecule has 1 heterocycles. The lowest BCUT2D eigenvalue weighted by molar-refractivity contribution is -0.274. The van der Waals surface area contributed by atoms with E-state index in [0.717, 1.165) is 36.4 Å². The number of likely N-dealkylation sites (tertiary alicyclic amines) is 1. The molecular weight excluding hydrogens is 570 g/mol. The van der Waals surface area contributed by atoms with Crippen molar-refractivity contribution in [2.24, 2.45) is 0 Å². The van der Waals surface area contributed by atoms with Gasteiger partial charge >= 0.3 is 6.36 Å². The Kier molecular flexibility index (Phi) is 8.44. The second-order valence-electron chi connectivity index (χ2n) is 9.83. The van der Waals surface area contributed by atoms with Crippen molar-refractivity contribution < 1.29 is 45.6 Å². The van der Waals surface area contributed by atoms with Gasteiger partial charge in [0.05, 0.1) is 7.11 Å². The summed E-state index contributed by atoms with van der Waals surface area (Å²) in [4.78, 5) is 28.0. The number of nitrogens with zero attached hydrogens (tertiary/aromatic N) is 1. The van der Waals surface area contributed by atoms with E-state index < -0.39 is 60.2 Å². The Morgan fingerprint density at radius 2 is 1.63 bits per heavy atom. The summed E-state index contributed by atoms with van der Waals surface area (Å²) in [6.07, 6.45) is -4.93. The molecule has 0 spiro atoms. The fraction of sp³-hybridized carbons (Fsp3) is 0.286.